The SMILES string of the molecule is C=CCOC(=O)[C@@H]1[C@@H]2CC(C)C3(S2)C(C(=O)N(CC=C)c2ccc(N(CC)CC)cc2)N([C@@H](CC)CO)C(=O)[C@H]13. The highest BCUT2D eigenvalue weighted by molar-refractivity contribution is 8.02. The average Bonchev–Trinajstić information content (AvgIpc) is 3.56. The smallest absolute Gasteiger partial charge is 0.311 e. The van der Waals surface area contributed by atoms with E-state index in [4.69, 9.17) is 4.74 Å². The van der Waals surface area contributed by atoms with E-state index in [0.717, 1.165) is 30.9 Å². The van der Waals surface area contributed by atoms with Crippen LogP contribution in [0.4, 0.5) is 11.4 Å². The number of amides is 2. The molecule has 0 saturated carbocycles. The summed E-state index contributed by atoms with van der Waals surface area (Å²) < 4.78 is 4.67. The lowest BCUT2D eigenvalue weighted by molar-refractivity contribution is -0.154. The maximum atomic E-state index is 14.7. The van der Waals surface area contributed by atoms with Gasteiger partial charge in [0, 0.05) is 36.3 Å². The van der Waals surface area contributed by atoms with Crippen LogP contribution in [-0.2, 0) is 19.1 Å². The number of fused-ring (bicyclic) bond motifs is 1. The number of nitrogens with zero attached hydrogens (tertiary/aromatic N) is 3. The molecule has 3 heterocycles. The molecule has 3 fully saturated rings. The van der Waals surface area contributed by atoms with Crippen molar-refractivity contribution >= 4 is 40.9 Å². The van der Waals surface area contributed by atoms with Crippen molar-refractivity contribution in [1.29, 1.82) is 0 Å². The molecule has 3 unspecified atom stereocenters. The van der Waals surface area contributed by atoms with Crippen LogP contribution in [0.15, 0.2) is 49.6 Å². The van der Waals surface area contributed by atoms with E-state index in [2.05, 4.69) is 38.8 Å². The third-order valence-electron chi connectivity index (χ3n) is 8.98. The Balaban J connectivity index is 1.79. The normalized spacial score (nSPS) is 29.2. The van der Waals surface area contributed by atoms with Crippen LogP contribution in [-0.4, -0.2) is 82.7 Å². The minimum Gasteiger partial charge on any atom is -0.461 e. The summed E-state index contributed by atoms with van der Waals surface area (Å²) in [5.41, 5.74) is 1.79. The number of esters is 1. The Labute approximate surface area is 242 Å². The van der Waals surface area contributed by atoms with Gasteiger partial charge >= 0.3 is 5.97 Å². The molecule has 8 nitrogen and oxygen atoms in total. The fourth-order valence-electron chi connectivity index (χ4n) is 7.08. The molecule has 1 spiro atoms. The van der Waals surface area contributed by atoms with Crippen molar-refractivity contribution in [2.45, 2.75) is 62.6 Å². The quantitative estimate of drug-likeness (QED) is 0.285. The Hall–Kier alpha value is -2.78. The fourth-order valence-corrected chi connectivity index (χ4v) is 9.47. The summed E-state index contributed by atoms with van der Waals surface area (Å²) >= 11 is 1.60. The number of aliphatic hydroxyl groups is 1. The summed E-state index contributed by atoms with van der Waals surface area (Å²) in [6, 6.07) is 6.54. The number of carbonyl (C=O) groups excluding carboxylic acids is 3. The van der Waals surface area contributed by atoms with Crippen LogP contribution < -0.4 is 9.80 Å². The summed E-state index contributed by atoms with van der Waals surface area (Å²) in [5.74, 6) is -2.16. The number of anilines is 2. The monoisotopic (exact) mass is 569 g/mol. The molecule has 218 valence electrons. The number of carbonyl (C=O) groups is 3. The maximum absolute atomic E-state index is 14.7. The minimum absolute atomic E-state index is 0.0191. The van der Waals surface area contributed by atoms with Gasteiger partial charge < -0.3 is 24.5 Å². The van der Waals surface area contributed by atoms with Gasteiger partial charge in [0.15, 0.2) is 0 Å². The molecule has 3 aliphatic heterocycles. The van der Waals surface area contributed by atoms with E-state index >= 15 is 0 Å². The largest absolute Gasteiger partial charge is 0.461 e. The van der Waals surface area contributed by atoms with E-state index in [1.54, 1.807) is 27.6 Å². The van der Waals surface area contributed by atoms with Crippen LogP contribution in [0, 0.1) is 17.8 Å². The second-order valence-electron chi connectivity index (χ2n) is 10.9. The number of thioether (sulfide) groups is 1. The predicted molar refractivity (Wildman–Crippen MR) is 160 cm³/mol. The molecular weight excluding hydrogens is 526 g/mol. The Kier molecular flexibility index (Phi) is 9.35. The van der Waals surface area contributed by atoms with Crippen LogP contribution in [0.1, 0.15) is 40.5 Å². The van der Waals surface area contributed by atoms with Crippen molar-refractivity contribution in [3.05, 3.63) is 49.6 Å². The first-order valence-electron chi connectivity index (χ1n) is 14.4. The molecule has 4 rings (SSSR count). The number of rotatable bonds is 13. The van der Waals surface area contributed by atoms with Crippen LogP contribution >= 0.6 is 11.8 Å². The first kappa shape index (κ1) is 30.2. The maximum Gasteiger partial charge on any atom is 0.311 e. The van der Waals surface area contributed by atoms with Crippen LogP contribution in [0.2, 0.25) is 0 Å². The molecular formula is C31H43N3O5S. The van der Waals surface area contributed by atoms with E-state index in [-0.39, 0.29) is 42.7 Å². The molecule has 1 aromatic carbocycles. The molecule has 1 N–H and O–H groups in total. The van der Waals surface area contributed by atoms with Gasteiger partial charge in [-0.15, -0.1) is 18.3 Å². The van der Waals surface area contributed by atoms with Gasteiger partial charge in [-0.25, -0.2) is 0 Å². The van der Waals surface area contributed by atoms with Gasteiger partial charge in [0.05, 0.1) is 29.2 Å². The van der Waals surface area contributed by atoms with Gasteiger partial charge in [0.1, 0.15) is 12.6 Å². The lowest BCUT2D eigenvalue weighted by atomic mass is 9.66. The van der Waals surface area contributed by atoms with Gasteiger partial charge in [0.2, 0.25) is 5.91 Å². The molecule has 9 heteroatoms. The lowest BCUT2D eigenvalue weighted by Crippen LogP contribution is -2.59. The van der Waals surface area contributed by atoms with Crippen LogP contribution in [0.25, 0.3) is 0 Å². The topological polar surface area (TPSA) is 90.4 Å². The van der Waals surface area contributed by atoms with Crippen molar-refractivity contribution in [3.8, 4) is 0 Å². The Bertz CT molecular complexity index is 1120. The summed E-state index contributed by atoms with van der Waals surface area (Å²) in [6.07, 6.45) is 4.41. The van der Waals surface area contributed by atoms with Gasteiger partial charge in [0.25, 0.3) is 5.91 Å². The van der Waals surface area contributed by atoms with Crippen molar-refractivity contribution in [1.82, 2.24) is 4.90 Å². The van der Waals surface area contributed by atoms with Crippen molar-refractivity contribution < 1.29 is 24.2 Å². The van der Waals surface area contributed by atoms with Gasteiger partial charge in [-0.2, -0.15) is 0 Å². The van der Waals surface area contributed by atoms with Gasteiger partial charge in [-0.05, 0) is 56.9 Å². The van der Waals surface area contributed by atoms with E-state index in [0.29, 0.717) is 6.42 Å². The summed E-state index contributed by atoms with van der Waals surface area (Å²) in [4.78, 5) is 47.8. The molecule has 2 bridgehead atoms. The number of benzene rings is 1. The van der Waals surface area contributed by atoms with Crippen molar-refractivity contribution in [3.63, 3.8) is 0 Å². The highest BCUT2D eigenvalue weighted by atomic mass is 32.2. The second-order valence-corrected chi connectivity index (χ2v) is 12.4. The summed E-state index contributed by atoms with van der Waals surface area (Å²) in [7, 11) is 0. The third-order valence-corrected chi connectivity index (χ3v) is 11.1. The highest BCUT2D eigenvalue weighted by Crippen LogP contribution is 2.69. The molecule has 3 saturated heterocycles. The van der Waals surface area contributed by atoms with Crippen LogP contribution in [0.3, 0.4) is 0 Å². The number of ether oxygens (including phenoxy) is 1. The standard InChI is InChI=1S/C31H43N3O5S/c1-7-16-33(23-14-12-22(13-15-23)32(10-4)11-5)29(37)27-31-20(6)18-24(40-31)25(30(38)39-17-8-2)26(31)28(36)34(27)21(9-3)19-35/h7-8,12-15,20-21,24-27,35H,1-2,9-11,16-19H2,3-6H3/t20?,21-,24-,25+,26-,27?,31?/m0/s1. The van der Waals surface area contributed by atoms with E-state index in [1.165, 1.54) is 6.08 Å². The zero-order valence-corrected chi connectivity index (χ0v) is 24.9. The fraction of sp³-hybridized carbons (Fsp3) is 0.581. The summed E-state index contributed by atoms with van der Waals surface area (Å²) in [5, 5.41) is 10.2. The van der Waals surface area contributed by atoms with Gasteiger partial charge in [-0.1, -0.05) is 32.6 Å². The first-order valence-corrected chi connectivity index (χ1v) is 15.3. The van der Waals surface area contributed by atoms with Crippen molar-refractivity contribution in [2.75, 3.05) is 42.6 Å². The van der Waals surface area contributed by atoms with E-state index < -0.39 is 34.6 Å². The van der Waals surface area contributed by atoms with Crippen molar-refractivity contribution in [2.24, 2.45) is 17.8 Å². The molecule has 0 aromatic heterocycles. The molecule has 7 atom stereocenters. The number of hydrogen-bond acceptors (Lipinski definition) is 7. The Morgan fingerprint density at radius 2 is 1.82 bits per heavy atom. The number of aliphatic hydroxyl groups excluding tert-OH is 1. The Morgan fingerprint density at radius 1 is 1.18 bits per heavy atom. The second kappa shape index (κ2) is 12.4. The predicted octanol–water partition coefficient (Wildman–Crippen LogP) is 3.89. The lowest BCUT2D eigenvalue weighted by Gasteiger charge is -2.42. The molecule has 2 amide bonds. The van der Waals surface area contributed by atoms with Crippen LogP contribution in [0.5, 0.6) is 0 Å². The summed E-state index contributed by atoms with van der Waals surface area (Å²) in [6.45, 7) is 17.6. The first-order chi connectivity index (χ1) is 19.2. The molecule has 3 aliphatic rings. The third kappa shape index (κ3) is 4.75. The molecule has 0 aliphatic carbocycles. The van der Waals surface area contributed by atoms with E-state index in [1.807, 2.05) is 31.2 Å². The molecule has 0 radical (unpaired) electrons. The average molecular weight is 570 g/mol. The number of hydrogen-bond donors (Lipinski definition) is 1. The number of likely N-dealkylation sites (tertiary alicyclic amines) is 1. The zero-order valence-electron chi connectivity index (χ0n) is 24.1. The highest BCUT2D eigenvalue weighted by Gasteiger charge is 2.77. The zero-order chi connectivity index (χ0) is 29.2. The van der Waals surface area contributed by atoms with Gasteiger partial charge in [-0.3, -0.25) is 14.4 Å². The minimum atomic E-state index is -0.827. The molecule has 1 aromatic rings. The Morgan fingerprint density at radius 3 is 2.38 bits per heavy atom. The van der Waals surface area contributed by atoms with E-state index in [9.17, 15) is 19.5 Å². The molecule has 40 heavy (non-hydrogen) atoms.